The van der Waals surface area contributed by atoms with Crippen LogP contribution in [0.2, 0.25) is 0 Å². The van der Waals surface area contributed by atoms with E-state index in [9.17, 15) is 4.79 Å². The fourth-order valence-corrected chi connectivity index (χ4v) is 1.72. The van der Waals surface area contributed by atoms with Gasteiger partial charge in [-0.2, -0.15) is 0 Å². The normalized spacial score (nSPS) is 11.8. The van der Waals surface area contributed by atoms with E-state index in [-0.39, 0.29) is 5.91 Å². The third kappa shape index (κ3) is 6.06. The number of carbonyl (C=O) groups is 1. The van der Waals surface area contributed by atoms with Crippen LogP contribution in [0.15, 0.2) is 18.2 Å². The summed E-state index contributed by atoms with van der Waals surface area (Å²) in [4.78, 5) is 13.0. The summed E-state index contributed by atoms with van der Waals surface area (Å²) < 4.78 is 0. The van der Waals surface area contributed by atoms with Gasteiger partial charge in [-0.25, -0.2) is 0 Å². The van der Waals surface area contributed by atoms with Crippen LogP contribution in [0.5, 0.6) is 0 Å². The van der Waals surface area contributed by atoms with Crippen LogP contribution in [0.4, 0.5) is 11.4 Å². The molecule has 4 heteroatoms. The minimum absolute atomic E-state index is 0.0874. The lowest BCUT2D eigenvalue weighted by atomic mass is 10.1. The predicted octanol–water partition coefficient (Wildman–Crippen LogP) is 2.82. The lowest BCUT2D eigenvalue weighted by molar-refractivity contribution is -0.116. The molecule has 0 aromatic heterocycles. The number of hydrogen-bond acceptors (Lipinski definition) is 3. The Kier molecular flexibility index (Phi) is 9.47. The Bertz CT molecular complexity index is 403. The van der Waals surface area contributed by atoms with Crippen molar-refractivity contribution in [3.8, 4) is 0 Å². The predicted molar refractivity (Wildman–Crippen MR) is 88.2 cm³/mol. The van der Waals surface area contributed by atoms with Crippen molar-refractivity contribution >= 4 is 17.3 Å². The molecule has 0 spiro atoms. The smallest absolute Gasteiger partial charge is 0.223 e. The number of nitrogens with one attached hydrogen (secondary N) is 1. The van der Waals surface area contributed by atoms with Gasteiger partial charge in [-0.3, -0.25) is 4.79 Å². The Hall–Kier alpha value is -1.55. The standard InChI is InChI=1S/C10H12N2O.C3H9N.C3H8/c1-7(13)12-5-4-8-2-3-9(11)6-10(8)12;1-3-4-2;1-3-2/h2-3,6H,4-5,11H2,1H3;4H,3H2,1-2H3;3H2,1-2H3. The van der Waals surface area contributed by atoms with Crippen molar-refractivity contribution in [1.29, 1.82) is 0 Å². The van der Waals surface area contributed by atoms with Crippen LogP contribution in [0.1, 0.15) is 39.7 Å². The first kappa shape index (κ1) is 18.4. The van der Waals surface area contributed by atoms with Crippen molar-refractivity contribution in [2.45, 2.75) is 40.5 Å². The summed E-state index contributed by atoms with van der Waals surface area (Å²) in [7, 11) is 1.93. The molecule has 3 N–H and O–H groups in total. The molecule has 1 amide bonds. The van der Waals surface area contributed by atoms with E-state index in [4.69, 9.17) is 5.73 Å². The summed E-state index contributed by atoms with van der Waals surface area (Å²) in [6.07, 6.45) is 2.19. The van der Waals surface area contributed by atoms with E-state index < -0.39 is 0 Å². The minimum Gasteiger partial charge on any atom is -0.399 e. The topological polar surface area (TPSA) is 58.4 Å². The molecular formula is C16H29N3O. The van der Waals surface area contributed by atoms with E-state index in [0.717, 1.165) is 25.2 Å². The monoisotopic (exact) mass is 279 g/mol. The molecule has 1 heterocycles. The maximum atomic E-state index is 11.2. The summed E-state index contributed by atoms with van der Waals surface area (Å²) in [5, 5.41) is 2.93. The molecule has 0 saturated carbocycles. The van der Waals surface area contributed by atoms with E-state index in [1.54, 1.807) is 11.8 Å². The van der Waals surface area contributed by atoms with E-state index in [2.05, 4.69) is 26.1 Å². The molecule has 114 valence electrons. The summed E-state index contributed by atoms with van der Waals surface area (Å²) in [5.74, 6) is 0.0874. The lowest BCUT2D eigenvalue weighted by Gasteiger charge is -2.14. The summed E-state index contributed by atoms with van der Waals surface area (Å²) >= 11 is 0. The zero-order valence-corrected chi connectivity index (χ0v) is 13.5. The largest absolute Gasteiger partial charge is 0.399 e. The van der Waals surface area contributed by atoms with Crippen molar-refractivity contribution in [3.63, 3.8) is 0 Å². The second-order valence-electron chi connectivity index (χ2n) is 4.72. The van der Waals surface area contributed by atoms with Crippen LogP contribution in [-0.2, 0) is 11.2 Å². The van der Waals surface area contributed by atoms with Gasteiger partial charge in [0.05, 0.1) is 0 Å². The van der Waals surface area contributed by atoms with Crippen LogP contribution < -0.4 is 16.0 Å². The van der Waals surface area contributed by atoms with E-state index in [0.29, 0.717) is 5.69 Å². The first-order valence-corrected chi connectivity index (χ1v) is 7.32. The fraction of sp³-hybridized carbons (Fsp3) is 0.562. The summed E-state index contributed by atoms with van der Waals surface area (Å²) in [5.41, 5.74) is 8.56. The molecule has 1 aromatic carbocycles. The number of hydrogen-bond donors (Lipinski definition) is 2. The average Bonchev–Trinajstić information content (AvgIpc) is 2.83. The van der Waals surface area contributed by atoms with Gasteiger partial charge < -0.3 is 16.0 Å². The van der Waals surface area contributed by atoms with Gasteiger partial charge in [-0.15, -0.1) is 0 Å². The van der Waals surface area contributed by atoms with E-state index >= 15 is 0 Å². The Balaban J connectivity index is 0.000000438. The van der Waals surface area contributed by atoms with Crippen LogP contribution in [0.3, 0.4) is 0 Å². The minimum atomic E-state index is 0.0874. The number of amides is 1. The Morgan fingerprint density at radius 2 is 1.90 bits per heavy atom. The molecule has 0 bridgehead atoms. The quantitative estimate of drug-likeness (QED) is 0.777. The number of benzene rings is 1. The maximum Gasteiger partial charge on any atom is 0.223 e. The summed E-state index contributed by atoms with van der Waals surface area (Å²) in [6.45, 7) is 9.76. The van der Waals surface area contributed by atoms with Crippen molar-refractivity contribution < 1.29 is 4.79 Å². The van der Waals surface area contributed by atoms with E-state index in [1.807, 2.05) is 25.2 Å². The molecule has 2 rings (SSSR count). The van der Waals surface area contributed by atoms with Crippen LogP contribution >= 0.6 is 0 Å². The number of nitrogen functional groups attached to an aromatic ring is 1. The average molecular weight is 279 g/mol. The third-order valence-electron chi connectivity index (χ3n) is 2.74. The molecule has 0 saturated heterocycles. The van der Waals surface area contributed by atoms with Crippen LogP contribution in [0, 0.1) is 0 Å². The molecular weight excluding hydrogens is 250 g/mol. The van der Waals surface area contributed by atoms with Gasteiger partial charge in [0.25, 0.3) is 0 Å². The van der Waals surface area contributed by atoms with Crippen molar-refractivity contribution in [2.24, 2.45) is 0 Å². The number of carbonyl (C=O) groups excluding carboxylic acids is 1. The van der Waals surface area contributed by atoms with Crippen molar-refractivity contribution in [1.82, 2.24) is 5.32 Å². The van der Waals surface area contributed by atoms with Gasteiger partial charge in [0.15, 0.2) is 0 Å². The molecule has 0 atom stereocenters. The molecule has 0 fully saturated rings. The number of nitrogens with zero attached hydrogens (tertiary/aromatic N) is 1. The maximum absolute atomic E-state index is 11.2. The number of rotatable bonds is 1. The summed E-state index contributed by atoms with van der Waals surface area (Å²) in [6, 6.07) is 5.74. The lowest BCUT2D eigenvalue weighted by Crippen LogP contribution is -2.25. The van der Waals surface area contributed by atoms with Gasteiger partial charge in [0, 0.05) is 24.8 Å². The highest BCUT2D eigenvalue weighted by molar-refractivity contribution is 5.94. The SMILES string of the molecule is CC(=O)N1CCc2ccc(N)cc21.CCC.CCNC. The number of nitrogens with two attached hydrogens (primary N) is 1. The molecule has 1 aliphatic rings. The Morgan fingerprint density at radius 1 is 1.35 bits per heavy atom. The van der Waals surface area contributed by atoms with Crippen molar-refractivity contribution in [2.75, 3.05) is 30.8 Å². The zero-order valence-electron chi connectivity index (χ0n) is 13.5. The highest BCUT2D eigenvalue weighted by Gasteiger charge is 2.21. The van der Waals surface area contributed by atoms with Gasteiger partial charge in [-0.1, -0.05) is 33.3 Å². The molecule has 4 nitrogen and oxygen atoms in total. The third-order valence-corrected chi connectivity index (χ3v) is 2.74. The number of fused-ring (bicyclic) bond motifs is 1. The van der Waals surface area contributed by atoms with Gasteiger partial charge in [0.2, 0.25) is 5.91 Å². The zero-order chi connectivity index (χ0) is 15.5. The molecule has 0 unspecified atom stereocenters. The van der Waals surface area contributed by atoms with E-state index in [1.165, 1.54) is 12.0 Å². The Labute approximate surface area is 123 Å². The molecule has 0 aliphatic carbocycles. The molecule has 1 aliphatic heterocycles. The van der Waals surface area contributed by atoms with Gasteiger partial charge in [0.1, 0.15) is 0 Å². The van der Waals surface area contributed by atoms with Crippen molar-refractivity contribution in [3.05, 3.63) is 23.8 Å². The second-order valence-corrected chi connectivity index (χ2v) is 4.72. The molecule has 20 heavy (non-hydrogen) atoms. The first-order valence-electron chi connectivity index (χ1n) is 7.32. The van der Waals surface area contributed by atoms with Crippen LogP contribution in [-0.4, -0.2) is 26.0 Å². The first-order chi connectivity index (χ1) is 9.51. The molecule has 0 radical (unpaired) electrons. The highest BCUT2D eigenvalue weighted by Crippen LogP contribution is 2.29. The number of anilines is 2. The second kappa shape index (κ2) is 10.3. The van der Waals surface area contributed by atoms with Crippen LogP contribution in [0.25, 0.3) is 0 Å². The fourth-order valence-electron chi connectivity index (χ4n) is 1.72. The Morgan fingerprint density at radius 3 is 2.35 bits per heavy atom. The van der Waals surface area contributed by atoms with Gasteiger partial charge >= 0.3 is 0 Å². The van der Waals surface area contributed by atoms with Gasteiger partial charge in [-0.05, 0) is 37.7 Å². The molecule has 1 aromatic rings. The highest BCUT2D eigenvalue weighted by atomic mass is 16.2.